The van der Waals surface area contributed by atoms with E-state index in [2.05, 4.69) is 5.32 Å². The highest BCUT2D eigenvalue weighted by Gasteiger charge is 2.80. The quantitative estimate of drug-likeness (QED) is 0.634. The summed E-state index contributed by atoms with van der Waals surface area (Å²) < 4.78 is 92.8. The highest BCUT2D eigenvalue weighted by Crippen LogP contribution is 2.63. The van der Waals surface area contributed by atoms with Crippen molar-refractivity contribution in [2.45, 2.75) is 30.9 Å². The largest absolute Gasteiger partial charge is 0.469 e. The molecule has 2 nitrogen and oxygen atoms in total. The van der Waals surface area contributed by atoms with Crippen molar-refractivity contribution < 1.29 is 31.1 Å². The first kappa shape index (κ1) is 19.4. The molecule has 2 aliphatic rings. The van der Waals surface area contributed by atoms with Gasteiger partial charge < -0.3 is 10.1 Å². The van der Waals surface area contributed by atoms with Crippen LogP contribution in [0.4, 0.5) is 26.3 Å². The van der Waals surface area contributed by atoms with E-state index in [1.807, 2.05) is 0 Å². The molecule has 0 fully saturated rings. The maximum Gasteiger partial charge on any atom is 0.380 e. The highest BCUT2D eigenvalue weighted by molar-refractivity contribution is 5.83. The van der Waals surface area contributed by atoms with Crippen LogP contribution in [0.25, 0.3) is 5.57 Å². The van der Waals surface area contributed by atoms with Gasteiger partial charge in [0.2, 0.25) is 0 Å². The molecule has 0 spiro atoms. The minimum absolute atomic E-state index is 0.171. The molecule has 1 aliphatic carbocycles. The lowest BCUT2D eigenvalue weighted by molar-refractivity contribution is -0.259. The number of hydrogen-bond acceptors (Lipinski definition) is 2. The van der Waals surface area contributed by atoms with Gasteiger partial charge in [-0.3, -0.25) is 0 Å². The number of halogens is 6. The van der Waals surface area contributed by atoms with Crippen molar-refractivity contribution >= 4 is 5.57 Å². The van der Waals surface area contributed by atoms with Gasteiger partial charge in [-0.2, -0.15) is 26.3 Å². The Balaban J connectivity index is 1.90. The maximum atomic E-state index is 14.8. The van der Waals surface area contributed by atoms with Gasteiger partial charge in [-0.05, 0) is 12.5 Å². The average molecular weight is 411 g/mol. The lowest BCUT2D eigenvalue weighted by atomic mass is 9.97. The number of rotatable bonds is 3. The zero-order valence-corrected chi connectivity index (χ0v) is 15.0. The molecule has 1 aliphatic heterocycles. The molecule has 0 saturated carbocycles. The van der Waals surface area contributed by atoms with Crippen LogP contribution in [-0.4, -0.2) is 17.8 Å². The fourth-order valence-corrected chi connectivity index (χ4v) is 3.56. The molecule has 2 aromatic carbocycles. The molecule has 0 amide bonds. The van der Waals surface area contributed by atoms with Gasteiger partial charge in [0.1, 0.15) is 5.76 Å². The van der Waals surface area contributed by atoms with Gasteiger partial charge in [0.15, 0.2) is 6.23 Å². The number of ether oxygens (including phenoxy) is 1. The Hall–Kier alpha value is -2.90. The van der Waals surface area contributed by atoms with Crippen LogP contribution in [0.2, 0.25) is 0 Å². The Morgan fingerprint density at radius 1 is 0.759 bits per heavy atom. The summed E-state index contributed by atoms with van der Waals surface area (Å²) in [6.07, 6.45) is -0.964. The summed E-state index contributed by atoms with van der Waals surface area (Å²) in [7, 11) is 0. The van der Waals surface area contributed by atoms with Crippen LogP contribution in [0.3, 0.4) is 0 Å². The first-order chi connectivity index (χ1) is 13.6. The number of alkyl halides is 6. The van der Waals surface area contributed by atoms with Crippen LogP contribution in [0, 0.1) is 0 Å². The Morgan fingerprint density at radius 3 is 1.86 bits per heavy atom. The molecule has 0 radical (unpaired) electrons. The van der Waals surface area contributed by atoms with Crippen molar-refractivity contribution in [3.63, 3.8) is 0 Å². The Morgan fingerprint density at radius 2 is 1.28 bits per heavy atom. The van der Waals surface area contributed by atoms with Crippen LogP contribution < -0.4 is 5.32 Å². The maximum absolute atomic E-state index is 14.8. The van der Waals surface area contributed by atoms with Crippen molar-refractivity contribution in [1.82, 2.24) is 5.32 Å². The van der Waals surface area contributed by atoms with Gasteiger partial charge in [-0.25, -0.2) is 0 Å². The van der Waals surface area contributed by atoms with E-state index in [-0.39, 0.29) is 5.76 Å². The summed E-state index contributed by atoms with van der Waals surface area (Å²) in [6, 6.07) is 14.6. The molecular weight excluding hydrogens is 396 g/mol. The van der Waals surface area contributed by atoms with Crippen molar-refractivity contribution in [2.75, 3.05) is 0 Å². The Kier molecular flexibility index (Phi) is 4.22. The van der Waals surface area contributed by atoms with E-state index in [0.29, 0.717) is 5.56 Å². The topological polar surface area (TPSA) is 21.3 Å². The van der Waals surface area contributed by atoms with E-state index in [1.165, 1.54) is 25.1 Å². The van der Waals surface area contributed by atoms with Crippen LogP contribution in [-0.2, 0) is 4.74 Å². The van der Waals surface area contributed by atoms with Gasteiger partial charge >= 0.3 is 17.8 Å². The summed E-state index contributed by atoms with van der Waals surface area (Å²) in [6.45, 7) is 1.27. The lowest BCUT2D eigenvalue weighted by Gasteiger charge is -2.26. The third-order valence-corrected chi connectivity index (χ3v) is 5.00. The average Bonchev–Trinajstić information content (AvgIpc) is 3.11. The molecule has 1 unspecified atom stereocenters. The summed E-state index contributed by atoms with van der Waals surface area (Å²) in [5.74, 6) is -16.0. The van der Waals surface area contributed by atoms with E-state index >= 15 is 0 Å². The second-order valence-corrected chi connectivity index (χ2v) is 6.82. The smallest absolute Gasteiger partial charge is 0.380 e. The summed E-state index contributed by atoms with van der Waals surface area (Å²) in [5, 5.41) is 2.58. The molecule has 1 N–H and O–H groups in total. The molecular formula is C21H15F6NO. The van der Waals surface area contributed by atoms with Crippen LogP contribution in [0.1, 0.15) is 24.3 Å². The molecule has 2 aromatic rings. The van der Waals surface area contributed by atoms with Gasteiger partial charge in [0.05, 0.1) is 11.3 Å². The summed E-state index contributed by atoms with van der Waals surface area (Å²) in [5.41, 5.74) is -3.29. The number of allylic oxidation sites excluding steroid dienone is 3. The van der Waals surface area contributed by atoms with Gasteiger partial charge in [0, 0.05) is 11.1 Å². The summed E-state index contributed by atoms with van der Waals surface area (Å²) >= 11 is 0. The molecule has 29 heavy (non-hydrogen) atoms. The van der Waals surface area contributed by atoms with Gasteiger partial charge in [0.25, 0.3) is 0 Å². The molecule has 152 valence electrons. The molecule has 0 aromatic heterocycles. The zero-order chi connectivity index (χ0) is 21.0. The molecule has 1 atom stereocenters. The van der Waals surface area contributed by atoms with Crippen molar-refractivity contribution in [3.05, 3.63) is 88.8 Å². The molecule has 0 bridgehead atoms. The standard InChI is InChI=1S/C21H15F6NO/c1-12-17(28-18(29-12)14-10-6-3-7-11-14)16-15(13-8-4-2-5-9-13)19(22,23)21(26,27)20(16,24)25/h2-11,18,28H,1H3. The molecule has 0 saturated heterocycles. The van der Waals surface area contributed by atoms with Gasteiger partial charge in [-0.1, -0.05) is 60.7 Å². The fourth-order valence-electron chi connectivity index (χ4n) is 3.56. The number of nitrogens with one attached hydrogen (secondary N) is 1. The normalized spacial score (nSPS) is 24.4. The second kappa shape index (κ2) is 6.30. The summed E-state index contributed by atoms with van der Waals surface area (Å²) in [4.78, 5) is 0. The van der Waals surface area contributed by atoms with Gasteiger partial charge in [-0.15, -0.1) is 0 Å². The Bertz CT molecular complexity index is 998. The van der Waals surface area contributed by atoms with E-state index in [1.54, 1.807) is 30.3 Å². The van der Waals surface area contributed by atoms with E-state index in [4.69, 9.17) is 4.74 Å². The molecule has 4 rings (SSSR count). The first-order valence-corrected chi connectivity index (χ1v) is 8.72. The number of benzene rings is 2. The first-order valence-electron chi connectivity index (χ1n) is 8.72. The van der Waals surface area contributed by atoms with Crippen LogP contribution in [0.15, 0.2) is 77.7 Å². The number of hydrogen-bond donors (Lipinski definition) is 1. The fraction of sp³-hybridized carbons (Fsp3) is 0.238. The van der Waals surface area contributed by atoms with Crippen LogP contribution in [0.5, 0.6) is 0 Å². The third-order valence-electron chi connectivity index (χ3n) is 5.00. The highest BCUT2D eigenvalue weighted by atomic mass is 19.3. The molecule has 8 heteroatoms. The third kappa shape index (κ3) is 2.65. The monoisotopic (exact) mass is 411 g/mol. The minimum Gasteiger partial charge on any atom is -0.469 e. The molecule has 1 heterocycles. The minimum atomic E-state index is -5.60. The predicted octanol–water partition coefficient (Wildman–Crippen LogP) is 5.91. The predicted molar refractivity (Wildman–Crippen MR) is 94.3 cm³/mol. The second-order valence-electron chi connectivity index (χ2n) is 6.82. The zero-order valence-electron chi connectivity index (χ0n) is 15.0. The van der Waals surface area contributed by atoms with Crippen molar-refractivity contribution in [2.24, 2.45) is 0 Å². The Labute approximate surface area is 162 Å². The van der Waals surface area contributed by atoms with Crippen LogP contribution >= 0.6 is 0 Å². The van der Waals surface area contributed by atoms with Crippen molar-refractivity contribution in [3.8, 4) is 0 Å². The van der Waals surface area contributed by atoms with E-state index < -0.39 is 46.4 Å². The van der Waals surface area contributed by atoms with Crippen molar-refractivity contribution in [1.29, 1.82) is 0 Å². The lowest BCUT2D eigenvalue weighted by Crippen LogP contribution is -2.49. The van der Waals surface area contributed by atoms with E-state index in [0.717, 1.165) is 12.1 Å². The van der Waals surface area contributed by atoms with E-state index in [9.17, 15) is 26.3 Å². The SMILES string of the molecule is CC1=C(C2=C(c3ccccc3)C(F)(F)C(F)(F)C2(F)F)NC(c2ccccc2)O1.